The van der Waals surface area contributed by atoms with Crippen LogP contribution in [0.25, 0.3) is 28.2 Å². The van der Waals surface area contributed by atoms with Crippen LogP contribution >= 0.6 is 15.9 Å². The van der Waals surface area contributed by atoms with Crippen LogP contribution < -0.4 is 5.32 Å². The lowest BCUT2D eigenvalue weighted by molar-refractivity contribution is 0.0303. The van der Waals surface area contributed by atoms with Crippen molar-refractivity contribution < 1.29 is 17.9 Å². The molecule has 1 unspecified atom stereocenters. The number of nitrogens with zero attached hydrogens (tertiary/aromatic N) is 5. The zero-order chi connectivity index (χ0) is 29.6. The van der Waals surface area contributed by atoms with Crippen LogP contribution in [0.5, 0.6) is 0 Å². The number of anilines is 1. The first kappa shape index (κ1) is 28.8. The normalized spacial score (nSPS) is 18.2. The van der Waals surface area contributed by atoms with E-state index in [0.29, 0.717) is 68.4 Å². The molecule has 4 aromatic rings. The number of rotatable bonds is 7. The molecule has 0 radical (unpaired) electrons. The molecule has 2 aliphatic rings. The Morgan fingerprint density at radius 3 is 2.62 bits per heavy atom. The van der Waals surface area contributed by atoms with Crippen LogP contribution in [0.3, 0.4) is 0 Å². The molecular weight excluding hydrogens is 622 g/mol. The third-order valence-corrected chi connectivity index (χ3v) is 10.5. The highest BCUT2D eigenvalue weighted by Crippen LogP contribution is 2.34. The lowest BCUT2D eigenvalue weighted by atomic mass is 10.1. The third-order valence-electron chi connectivity index (χ3n) is 8.08. The Morgan fingerprint density at radius 1 is 1.17 bits per heavy atom. The van der Waals surface area contributed by atoms with Gasteiger partial charge < -0.3 is 24.5 Å². The Labute approximate surface area is 253 Å². The molecule has 0 saturated carbocycles. The maximum absolute atomic E-state index is 12.9. The number of carbonyl (C=O) groups is 1. The number of sulfonamides is 1. The maximum Gasteiger partial charge on any atom is 0.254 e. The van der Waals surface area contributed by atoms with Gasteiger partial charge in [-0.25, -0.2) is 18.4 Å². The lowest BCUT2D eigenvalue weighted by Gasteiger charge is -2.27. The molecule has 222 valence electrons. The fourth-order valence-electron chi connectivity index (χ4n) is 5.78. The molecule has 13 heteroatoms. The summed E-state index contributed by atoms with van der Waals surface area (Å²) in [7, 11) is -3.23. The number of hydrogen-bond donors (Lipinski definition) is 2. The van der Waals surface area contributed by atoms with E-state index in [9.17, 15) is 13.2 Å². The highest BCUT2D eigenvalue weighted by molar-refractivity contribution is 9.10. The number of morpholine rings is 1. The highest BCUT2D eigenvalue weighted by Gasteiger charge is 2.31. The third kappa shape index (κ3) is 5.34. The summed E-state index contributed by atoms with van der Waals surface area (Å²) < 4.78 is 34.5. The summed E-state index contributed by atoms with van der Waals surface area (Å²) in [5.41, 5.74) is 6.72. The van der Waals surface area contributed by atoms with E-state index in [0.717, 1.165) is 32.8 Å². The topological polar surface area (TPSA) is 125 Å². The van der Waals surface area contributed by atoms with Gasteiger partial charge in [0.1, 0.15) is 11.3 Å². The quantitative estimate of drug-likeness (QED) is 0.307. The number of carbonyl (C=O) groups excluding carboxylic acids is 1. The van der Waals surface area contributed by atoms with Gasteiger partial charge in [-0.1, -0.05) is 0 Å². The van der Waals surface area contributed by atoms with E-state index in [1.54, 1.807) is 17.4 Å². The Hall–Kier alpha value is -3.26. The second-order valence-electron chi connectivity index (χ2n) is 10.7. The fraction of sp³-hybridized carbons (Fsp3) is 0.414. The van der Waals surface area contributed by atoms with Gasteiger partial charge in [0.2, 0.25) is 10.0 Å². The van der Waals surface area contributed by atoms with Crippen LogP contribution in [0.2, 0.25) is 0 Å². The smallest absolute Gasteiger partial charge is 0.254 e. The summed E-state index contributed by atoms with van der Waals surface area (Å²) in [5.74, 6) is 0.814. The van der Waals surface area contributed by atoms with Gasteiger partial charge in [0.25, 0.3) is 5.91 Å². The first-order chi connectivity index (χ1) is 20.2. The van der Waals surface area contributed by atoms with Gasteiger partial charge in [0.05, 0.1) is 29.1 Å². The number of ether oxygens (including phenoxy) is 1. The standard InChI is InChI=1S/C29H34BrN7O4S/c1-4-42(39,40)36-10-9-21(17-36)32-25-24(30)16-31-28-26(25)33-27(34-28)23-15-18(2)37(19(23)3)22-7-5-20(6-8-22)29(38)35-11-13-41-14-12-35/h5-8,15-16,21H,4,9-14,17H2,1-3H3,(H2,31,32,33,34). The maximum atomic E-state index is 12.9. The number of benzene rings is 1. The molecule has 1 atom stereocenters. The van der Waals surface area contributed by atoms with Gasteiger partial charge in [0, 0.05) is 66.6 Å². The van der Waals surface area contributed by atoms with Crippen LogP contribution in [0.15, 0.2) is 41.0 Å². The molecule has 3 aromatic heterocycles. The second kappa shape index (κ2) is 11.4. The first-order valence-corrected chi connectivity index (χ1v) is 16.5. The average Bonchev–Trinajstić information content (AvgIpc) is 3.72. The van der Waals surface area contributed by atoms with Crippen LogP contribution in [-0.4, -0.2) is 94.2 Å². The van der Waals surface area contributed by atoms with Gasteiger partial charge >= 0.3 is 0 Å². The monoisotopic (exact) mass is 655 g/mol. The van der Waals surface area contributed by atoms with Crippen molar-refractivity contribution in [3.8, 4) is 17.1 Å². The van der Waals surface area contributed by atoms with Crippen LogP contribution in [0.1, 0.15) is 35.1 Å². The number of H-pyrrole nitrogens is 1. The van der Waals surface area contributed by atoms with Crippen molar-refractivity contribution in [1.82, 2.24) is 28.7 Å². The molecule has 2 N–H and O–H groups in total. The number of halogens is 1. The molecule has 0 spiro atoms. The van der Waals surface area contributed by atoms with E-state index in [2.05, 4.69) is 41.8 Å². The Balaban J connectivity index is 1.27. The first-order valence-electron chi connectivity index (χ1n) is 14.1. The van der Waals surface area contributed by atoms with Gasteiger partial charge in [0.15, 0.2) is 5.65 Å². The Bertz CT molecular complexity index is 1740. The number of aromatic nitrogens is 4. The van der Waals surface area contributed by atoms with Crippen molar-refractivity contribution in [2.24, 2.45) is 0 Å². The van der Waals surface area contributed by atoms with Crippen LogP contribution in [0, 0.1) is 13.8 Å². The molecule has 11 nitrogen and oxygen atoms in total. The Kier molecular flexibility index (Phi) is 7.85. The SMILES string of the molecule is CCS(=O)(=O)N1CCC(Nc2c(Br)cnc3[nH]c(-c4cc(C)n(-c5ccc(C(=O)N6CCOCC6)cc5)c4C)nc23)C1. The molecule has 6 rings (SSSR count). The molecule has 1 amide bonds. The molecular formula is C29H34BrN7O4S. The van der Waals surface area contributed by atoms with Crippen molar-refractivity contribution in [1.29, 1.82) is 0 Å². The number of imidazole rings is 1. The van der Waals surface area contributed by atoms with Crippen molar-refractivity contribution in [3.05, 3.63) is 58.0 Å². The number of aryl methyl sites for hydroxylation is 1. The van der Waals surface area contributed by atoms with Crippen molar-refractivity contribution in [3.63, 3.8) is 0 Å². The molecule has 2 saturated heterocycles. The van der Waals surface area contributed by atoms with Gasteiger partial charge in [-0.3, -0.25) is 4.79 Å². The summed E-state index contributed by atoms with van der Waals surface area (Å²) in [4.78, 5) is 27.6. The number of hydrogen-bond acceptors (Lipinski definition) is 7. The minimum atomic E-state index is -3.23. The van der Waals surface area contributed by atoms with Crippen LogP contribution in [-0.2, 0) is 14.8 Å². The van der Waals surface area contributed by atoms with Gasteiger partial charge in [-0.05, 0) is 73.5 Å². The van der Waals surface area contributed by atoms with Crippen molar-refractivity contribution in [2.75, 3.05) is 50.5 Å². The number of nitrogens with one attached hydrogen (secondary N) is 2. The molecule has 1 aromatic carbocycles. The summed E-state index contributed by atoms with van der Waals surface area (Å²) in [6.45, 7) is 9.05. The number of amides is 1. The Morgan fingerprint density at radius 2 is 1.90 bits per heavy atom. The van der Waals surface area contributed by atoms with E-state index < -0.39 is 10.0 Å². The fourth-order valence-corrected chi connectivity index (χ4v) is 7.34. The predicted molar refractivity (Wildman–Crippen MR) is 166 cm³/mol. The molecule has 5 heterocycles. The summed E-state index contributed by atoms with van der Waals surface area (Å²) in [6.07, 6.45) is 2.44. The van der Waals surface area contributed by atoms with E-state index in [1.807, 2.05) is 43.0 Å². The second-order valence-corrected chi connectivity index (χ2v) is 13.8. The van der Waals surface area contributed by atoms with Crippen LogP contribution in [0.4, 0.5) is 5.69 Å². The van der Waals surface area contributed by atoms with E-state index >= 15 is 0 Å². The van der Waals surface area contributed by atoms with E-state index in [-0.39, 0.29) is 17.7 Å². The molecule has 0 aliphatic carbocycles. The molecule has 2 fully saturated rings. The molecule has 42 heavy (non-hydrogen) atoms. The largest absolute Gasteiger partial charge is 0.378 e. The van der Waals surface area contributed by atoms with E-state index in [1.165, 1.54) is 0 Å². The molecule has 0 bridgehead atoms. The van der Waals surface area contributed by atoms with E-state index in [4.69, 9.17) is 9.72 Å². The minimum Gasteiger partial charge on any atom is -0.378 e. The zero-order valence-corrected chi connectivity index (χ0v) is 26.3. The van der Waals surface area contributed by atoms with Crippen molar-refractivity contribution >= 4 is 48.7 Å². The summed E-state index contributed by atoms with van der Waals surface area (Å²) >= 11 is 3.61. The summed E-state index contributed by atoms with van der Waals surface area (Å²) in [6, 6.07) is 9.76. The minimum absolute atomic E-state index is 0.0224. The van der Waals surface area contributed by atoms with Gasteiger partial charge in [-0.15, -0.1) is 0 Å². The number of pyridine rings is 1. The van der Waals surface area contributed by atoms with Gasteiger partial charge in [-0.2, -0.15) is 4.31 Å². The average molecular weight is 657 g/mol. The highest BCUT2D eigenvalue weighted by atomic mass is 79.9. The zero-order valence-electron chi connectivity index (χ0n) is 23.9. The predicted octanol–water partition coefficient (Wildman–Crippen LogP) is 4.10. The number of aromatic amines is 1. The van der Waals surface area contributed by atoms with Crippen molar-refractivity contribution in [2.45, 2.75) is 33.2 Å². The number of fused-ring (bicyclic) bond motifs is 1. The summed E-state index contributed by atoms with van der Waals surface area (Å²) in [5, 5.41) is 3.52. The lowest BCUT2D eigenvalue weighted by Crippen LogP contribution is -2.40. The molecule has 2 aliphatic heterocycles.